The van der Waals surface area contributed by atoms with Crippen molar-refractivity contribution in [1.82, 2.24) is 9.62 Å². The van der Waals surface area contributed by atoms with Crippen molar-refractivity contribution < 1.29 is 23.1 Å². The summed E-state index contributed by atoms with van der Waals surface area (Å²) in [6.45, 7) is 5.37. The largest absolute Gasteiger partial charge is 0.493 e. The summed E-state index contributed by atoms with van der Waals surface area (Å²) in [4.78, 5) is 10.8. The Morgan fingerprint density at radius 2 is 2.17 bits per heavy atom. The van der Waals surface area contributed by atoms with Crippen molar-refractivity contribution >= 4 is 16.1 Å². The van der Waals surface area contributed by atoms with Crippen molar-refractivity contribution in [2.24, 2.45) is 5.92 Å². The molecule has 1 aliphatic rings. The van der Waals surface area contributed by atoms with Gasteiger partial charge in [-0.15, -0.1) is 0 Å². The quantitative estimate of drug-likeness (QED) is 0.694. The molecule has 1 amide bonds. The molecule has 1 aromatic rings. The van der Waals surface area contributed by atoms with Gasteiger partial charge in [-0.25, -0.2) is 13.2 Å². The average Bonchev–Trinajstić information content (AvgIpc) is 2.97. The van der Waals surface area contributed by atoms with Gasteiger partial charge in [0, 0.05) is 26.1 Å². The molecule has 1 aliphatic heterocycles. The highest BCUT2D eigenvalue weighted by Gasteiger charge is 2.26. The maximum absolute atomic E-state index is 12.9. The van der Waals surface area contributed by atoms with E-state index in [2.05, 4.69) is 5.32 Å². The van der Waals surface area contributed by atoms with Crippen molar-refractivity contribution in [3.8, 4) is 5.75 Å². The Kier molecular flexibility index (Phi) is 6.06. The zero-order valence-corrected chi connectivity index (χ0v) is 14.8. The molecular formula is C16H24N2O5S. The summed E-state index contributed by atoms with van der Waals surface area (Å²) in [6, 6.07) is 4.96. The molecule has 0 aromatic heterocycles. The van der Waals surface area contributed by atoms with Crippen LogP contribution in [0.1, 0.15) is 25.8 Å². The summed E-state index contributed by atoms with van der Waals surface area (Å²) < 4.78 is 32.7. The van der Waals surface area contributed by atoms with Crippen LogP contribution in [0.2, 0.25) is 0 Å². The number of hydrogen-bond donors (Lipinski definition) is 2. The second-order valence-electron chi connectivity index (χ2n) is 6.21. The van der Waals surface area contributed by atoms with Gasteiger partial charge < -0.3 is 15.2 Å². The van der Waals surface area contributed by atoms with E-state index in [0.717, 1.165) is 11.3 Å². The molecule has 0 spiro atoms. The van der Waals surface area contributed by atoms with Gasteiger partial charge in [-0.05, 0) is 36.1 Å². The summed E-state index contributed by atoms with van der Waals surface area (Å²) in [5.41, 5.74) is 0.910. The van der Waals surface area contributed by atoms with Crippen LogP contribution in [-0.4, -0.2) is 50.2 Å². The molecule has 2 rings (SSSR count). The molecule has 0 saturated heterocycles. The molecular weight excluding hydrogens is 332 g/mol. The smallest absolute Gasteiger partial charge is 0.404 e. The number of amides is 1. The van der Waals surface area contributed by atoms with Gasteiger partial charge >= 0.3 is 6.09 Å². The van der Waals surface area contributed by atoms with Crippen LogP contribution in [-0.2, 0) is 16.4 Å². The van der Waals surface area contributed by atoms with Gasteiger partial charge in [-0.1, -0.05) is 13.8 Å². The minimum Gasteiger partial charge on any atom is -0.493 e. The van der Waals surface area contributed by atoms with E-state index >= 15 is 0 Å². The molecule has 0 unspecified atom stereocenters. The summed E-state index contributed by atoms with van der Waals surface area (Å²) in [5, 5.41) is 10.9. The van der Waals surface area contributed by atoms with Gasteiger partial charge in [0.05, 0.1) is 11.5 Å². The molecule has 0 radical (unpaired) electrons. The average molecular weight is 356 g/mol. The molecule has 24 heavy (non-hydrogen) atoms. The van der Waals surface area contributed by atoms with Gasteiger partial charge in [-0.2, -0.15) is 4.31 Å². The predicted molar refractivity (Wildman–Crippen MR) is 89.9 cm³/mol. The van der Waals surface area contributed by atoms with Crippen LogP contribution in [0.4, 0.5) is 4.79 Å². The minimum absolute atomic E-state index is 0.171. The SMILES string of the molecule is CC(C)CN(CCCNC(=O)O)S(=O)(=O)c1ccc2c(c1)CCO2. The number of carboxylic acid groups (broad SMARTS) is 1. The number of carbonyl (C=O) groups is 1. The molecule has 0 bridgehead atoms. The van der Waals surface area contributed by atoms with Crippen molar-refractivity contribution in [2.45, 2.75) is 31.6 Å². The van der Waals surface area contributed by atoms with E-state index < -0.39 is 16.1 Å². The van der Waals surface area contributed by atoms with Crippen LogP contribution in [0, 0.1) is 5.92 Å². The first kappa shape index (κ1) is 18.5. The highest BCUT2D eigenvalue weighted by Crippen LogP contribution is 2.29. The highest BCUT2D eigenvalue weighted by molar-refractivity contribution is 7.89. The van der Waals surface area contributed by atoms with Gasteiger partial charge in [0.25, 0.3) is 0 Å². The predicted octanol–water partition coefficient (Wildman–Crippen LogP) is 1.93. The zero-order valence-electron chi connectivity index (χ0n) is 14.0. The molecule has 7 nitrogen and oxygen atoms in total. The maximum Gasteiger partial charge on any atom is 0.404 e. The monoisotopic (exact) mass is 356 g/mol. The molecule has 0 fully saturated rings. The first-order valence-corrected chi connectivity index (χ1v) is 9.47. The van der Waals surface area contributed by atoms with E-state index in [9.17, 15) is 13.2 Å². The number of nitrogens with one attached hydrogen (secondary N) is 1. The molecule has 0 atom stereocenters. The van der Waals surface area contributed by atoms with Crippen LogP contribution < -0.4 is 10.1 Å². The second-order valence-corrected chi connectivity index (χ2v) is 8.15. The van der Waals surface area contributed by atoms with Crippen LogP contribution >= 0.6 is 0 Å². The van der Waals surface area contributed by atoms with Gasteiger partial charge in [0.2, 0.25) is 10.0 Å². The normalized spacial score (nSPS) is 13.8. The fourth-order valence-corrected chi connectivity index (χ4v) is 4.33. The first-order valence-electron chi connectivity index (χ1n) is 8.03. The molecule has 1 heterocycles. The van der Waals surface area contributed by atoms with Gasteiger partial charge in [-0.3, -0.25) is 0 Å². The zero-order chi connectivity index (χ0) is 17.7. The summed E-state index contributed by atoms with van der Waals surface area (Å²) in [5.74, 6) is 0.917. The number of fused-ring (bicyclic) bond motifs is 1. The fraction of sp³-hybridized carbons (Fsp3) is 0.562. The van der Waals surface area contributed by atoms with E-state index in [4.69, 9.17) is 9.84 Å². The molecule has 2 N–H and O–H groups in total. The number of rotatable bonds is 8. The minimum atomic E-state index is -3.62. The molecule has 0 aliphatic carbocycles. The number of benzene rings is 1. The lowest BCUT2D eigenvalue weighted by Crippen LogP contribution is -2.36. The van der Waals surface area contributed by atoms with Gasteiger partial charge in [0.1, 0.15) is 5.75 Å². The second kappa shape index (κ2) is 7.85. The Labute approximate surface area is 142 Å². The van der Waals surface area contributed by atoms with E-state index in [0.29, 0.717) is 26.0 Å². The third-order valence-corrected chi connectivity index (χ3v) is 5.59. The molecule has 8 heteroatoms. The van der Waals surface area contributed by atoms with Crippen molar-refractivity contribution in [3.63, 3.8) is 0 Å². The third kappa shape index (κ3) is 4.61. The van der Waals surface area contributed by atoms with E-state index in [1.54, 1.807) is 18.2 Å². The lowest BCUT2D eigenvalue weighted by Gasteiger charge is -2.24. The molecule has 0 saturated carbocycles. The Morgan fingerprint density at radius 3 is 2.83 bits per heavy atom. The lowest BCUT2D eigenvalue weighted by atomic mass is 10.2. The van der Waals surface area contributed by atoms with E-state index in [-0.39, 0.29) is 23.9 Å². The van der Waals surface area contributed by atoms with Crippen LogP contribution in [0.5, 0.6) is 5.75 Å². The van der Waals surface area contributed by atoms with Crippen molar-refractivity contribution in [2.75, 3.05) is 26.2 Å². The van der Waals surface area contributed by atoms with E-state index in [1.807, 2.05) is 13.8 Å². The Balaban J connectivity index is 2.15. The third-order valence-electron chi connectivity index (χ3n) is 3.73. The number of sulfonamides is 1. The number of hydrogen-bond acceptors (Lipinski definition) is 4. The highest BCUT2D eigenvalue weighted by atomic mass is 32.2. The fourth-order valence-electron chi connectivity index (χ4n) is 2.64. The van der Waals surface area contributed by atoms with Crippen molar-refractivity contribution in [3.05, 3.63) is 23.8 Å². The maximum atomic E-state index is 12.9. The van der Waals surface area contributed by atoms with Crippen LogP contribution in [0.25, 0.3) is 0 Å². The standard InChI is InChI=1S/C16H24N2O5S/c1-12(2)11-18(8-3-7-17-16(19)20)24(21,22)14-4-5-15-13(10-14)6-9-23-15/h4-5,10,12,17H,3,6-9,11H2,1-2H3,(H,19,20). The summed E-state index contributed by atoms with van der Waals surface area (Å²) in [6.07, 6.45) is 0.0319. The first-order chi connectivity index (χ1) is 11.3. The summed E-state index contributed by atoms with van der Waals surface area (Å²) >= 11 is 0. The van der Waals surface area contributed by atoms with Crippen LogP contribution in [0.3, 0.4) is 0 Å². The lowest BCUT2D eigenvalue weighted by molar-refractivity contribution is 0.194. The van der Waals surface area contributed by atoms with Crippen molar-refractivity contribution in [1.29, 1.82) is 0 Å². The Bertz CT molecular complexity index is 688. The number of nitrogens with zero attached hydrogens (tertiary/aromatic N) is 1. The summed E-state index contributed by atoms with van der Waals surface area (Å²) in [7, 11) is -3.62. The topological polar surface area (TPSA) is 95.9 Å². The van der Waals surface area contributed by atoms with E-state index in [1.165, 1.54) is 4.31 Å². The van der Waals surface area contributed by atoms with Gasteiger partial charge in [0.15, 0.2) is 0 Å². The molecule has 134 valence electrons. The Hall–Kier alpha value is -1.80. The molecule has 1 aromatic carbocycles. The Morgan fingerprint density at radius 1 is 1.42 bits per heavy atom. The number of ether oxygens (including phenoxy) is 1. The van der Waals surface area contributed by atoms with Crippen LogP contribution in [0.15, 0.2) is 23.1 Å².